The maximum Gasteiger partial charge on any atom is 0.246 e. The second-order valence-electron chi connectivity index (χ2n) is 10.9. The van der Waals surface area contributed by atoms with Crippen LogP contribution in [0.1, 0.15) is 44.1 Å². The Morgan fingerprint density at radius 2 is 1.82 bits per heavy atom. The van der Waals surface area contributed by atoms with Crippen LogP contribution in [0.3, 0.4) is 0 Å². The molecule has 0 spiro atoms. The van der Waals surface area contributed by atoms with Crippen LogP contribution < -0.4 is 5.32 Å². The lowest BCUT2D eigenvalue weighted by molar-refractivity contribution is -0.134. The van der Waals surface area contributed by atoms with Gasteiger partial charge in [-0.3, -0.25) is 14.4 Å². The molecule has 3 saturated heterocycles. The molecule has 1 unspecified atom stereocenters. The predicted molar refractivity (Wildman–Crippen MR) is 152 cm³/mol. The van der Waals surface area contributed by atoms with Crippen LogP contribution in [0.5, 0.6) is 0 Å². The van der Waals surface area contributed by atoms with Gasteiger partial charge in [-0.2, -0.15) is 0 Å². The van der Waals surface area contributed by atoms with E-state index < -0.39 is 0 Å². The van der Waals surface area contributed by atoms with Crippen molar-refractivity contribution in [1.29, 1.82) is 0 Å². The zero-order valence-corrected chi connectivity index (χ0v) is 23.6. The molecule has 38 heavy (non-hydrogen) atoms. The topological polar surface area (TPSA) is 77.9 Å². The summed E-state index contributed by atoms with van der Waals surface area (Å²) < 4.78 is 2.88. The summed E-state index contributed by atoms with van der Waals surface area (Å²) in [6.45, 7) is 8.78. The molecular weight excluding hydrogens is 546 g/mol. The number of hydrogen-bond donors (Lipinski definition) is 1. The third-order valence-corrected chi connectivity index (χ3v) is 8.67. The zero-order chi connectivity index (χ0) is 26.6. The standard InChI is InChI=1S/C29H38BrN5O3/c1-2-28(37)34-17-23(18-34)31-27(36)20-33-16-21(25-15-22(30)9-10-26(25)33)14-29(38)35-13-7-4-8-24(35)19-32-11-5-3-6-12-32/h2,9-10,15-16,23-24H,1,3-8,11-14,17-20H2,(H,31,36). The monoisotopic (exact) mass is 583 g/mol. The first-order valence-electron chi connectivity index (χ1n) is 13.9. The van der Waals surface area contributed by atoms with Crippen LogP contribution in [-0.2, 0) is 27.3 Å². The minimum atomic E-state index is -0.112. The molecule has 3 aliphatic rings. The average molecular weight is 585 g/mol. The molecule has 204 valence electrons. The number of fused-ring (bicyclic) bond motifs is 1. The van der Waals surface area contributed by atoms with Gasteiger partial charge in [-0.1, -0.05) is 28.9 Å². The number of rotatable bonds is 8. The summed E-state index contributed by atoms with van der Waals surface area (Å²) >= 11 is 3.58. The second-order valence-corrected chi connectivity index (χ2v) is 11.8. The molecule has 3 fully saturated rings. The third-order valence-electron chi connectivity index (χ3n) is 8.18. The number of nitrogens with zero attached hydrogens (tertiary/aromatic N) is 4. The fourth-order valence-electron chi connectivity index (χ4n) is 6.14. The molecular formula is C29H38BrN5O3. The van der Waals surface area contributed by atoms with E-state index in [1.54, 1.807) is 4.90 Å². The van der Waals surface area contributed by atoms with Crippen LogP contribution >= 0.6 is 15.9 Å². The molecule has 1 aromatic carbocycles. The SMILES string of the molecule is C=CC(=O)N1CC(NC(=O)Cn2cc(CC(=O)N3CCCCC3CN3CCCCC3)c3cc(Br)ccc32)C1. The number of halogens is 1. The molecule has 2 aromatic rings. The fraction of sp³-hybridized carbons (Fsp3) is 0.552. The van der Waals surface area contributed by atoms with Crippen LogP contribution in [0.2, 0.25) is 0 Å². The van der Waals surface area contributed by atoms with Gasteiger partial charge in [0.2, 0.25) is 17.7 Å². The molecule has 8 nitrogen and oxygen atoms in total. The van der Waals surface area contributed by atoms with E-state index in [1.807, 2.05) is 29.0 Å². The highest BCUT2D eigenvalue weighted by atomic mass is 79.9. The summed E-state index contributed by atoms with van der Waals surface area (Å²) in [7, 11) is 0. The molecule has 1 atom stereocenters. The van der Waals surface area contributed by atoms with E-state index in [9.17, 15) is 14.4 Å². The minimum absolute atomic E-state index is 0.0423. The smallest absolute Gasteiger partial charge is 0.246 e. The molecule has 9 heteroatoms. The number of hydrogen-bond acceptors (Lipinski definition) is 4. The summed E-state index contributed by atoms with van der Waals surface area (Å²) in [5, 5.41) is 4.02. The first kappa shape index (κ1) is 26.9. The van der Waals surface area contributed by atoms with Gasteiger partial charge in [0.1, 0.15) is 6.54 Å². The van der Waals surface area contributed by atoms with Gasteiger partial charge in [0.25, 0.3) is 0 Å². The lowest BCUT2D eigenvalue weighted by Gasteiger charge is -2.39. The molecule has 3 aliphatic heterocycles. The Hall–Kier alpha value is -2.65. The van der Waals surface area contributed by atoms with E-state index in [-0.39, 0.29) is 36.3 Å². The van der Waals surface area contributed by atoms with Crippen molar-refractivity contribution < 1.29 is 14.4 Å². The van der Waals surface area contributed by atoms with Gasteiger partial charge in [-0.25, -0.2) is 0 Å². The number of aromatic nitrogens is 1. The minimum Gasteiger partial charge on any atom is -0.348 e. The zero-order valence-electron chi connectivity index (χ0n) is 22.0. The van der Waals surface area contributed by atoms with E-state index in [0.29, 0.717) is 19.5 Å². The Balaban J connectivity index is 1.26. The van der Waals surface area contributed by atoms with Crippen LogP contribution in [0.4, 0.5) is 0 Å². The fourth-order valence-corrected chi connectivity index (χ4v) is 6.51. The number of piperidine rings is 2. The van der Waals surface area contributed by atoms with E-state index in [0.717, 1.165) is 60.0 Å². The van der Waals surface area contributed by atoms with Crippen molar-refractivity contribution in [2.45, 2.75) is 63.6 Å². The molecule has 3 amide bonds. The molecule has 0 radical (unpaired) electrons. The first-order chi connectivity index (χ1) is 18.4. The van der Waals surface area contributed by atoms with Crippen molar-refractivity contribution in [2.75, 3.05) is 39.3 Å². The highest BCUT2D eigenvalue weighted by Gasteiger charge is 2.31. The van der Waals surface area contributed by atoms with Crippen molar-refractivity contribution in [3.63, 3.8) is 0 Å². The molecule has 1 aromatic heterocycles. The number of nitrogens with one attached hydrogen (secondary N) is 1. The Morgan fingerprint density at radius 1 is 1.05 bits per heavy atom. The molecule has 5 rings (SSSR count). The summed E-state index contributed by atoms with van der Waals surface area (Å²) in [5.41, 5.74) is 1.89. The van der Waals surface area contributed by atoms with Crippen LogP contribution in [0.25, 0.3) is 10.9 Å². The van der Waals surface area contributed by atoms with Crippen molar-refractivity contribution in [1.82, 2.24) is 24.6 Å². The van der Waals surface area contributed by atoms with Crippen LogP contribution in [-0.4, -0.2) is 88.3 Å². The molecule has 1 N–H and O–H groups in total. The highest BCUT2D eigenvalue weighted by molar-refractivity contribution is 9.10. The maximum atomic E-state index is 13.7. The van der Waals surface area contributed by atoms with E-state index in [4.69, 9.17) is 0 Å². The van der Waals surface area contributed by atoms with Gasteiger partial charge in [0.15, 0.2) is 0 Å². The van der Waals surface area contributed by atoms with E-state index >= 15 is 0 Å². The predicted octanol–water partition coefficient (Wildman–Crippen LogP) is 3.33. The van der Waals surface area contributed by atoms with E-state index in [1.165, 1.54) is 31.8 Å². The Labute approximate surface area is 233 Å². The van der Waals surface area contributed by atoms with E-state index in [2.05, 4.69) is 37.6 Å². The summed E-state index contributed by atoms with van der Waals surface area (Å²) in [6, 6.07) is 6.24. The first-order valence-corrected chi connectivity index (χ1v) is 14.7. The third kappa shape index (κ3) is 6.15. The van der Waals surface area contributed by atoms with Crippen molar-refractivity contribution >= 4 is 44.6 Å². The molecule has 0 bridgehead atoms. The average Bonchev–Trinajstić information content (AvgIpc) is 3.22. The van der Waals surface area contributed by atoms with Crippen molar-refractivity contribution in [2.24, 2.45) is 0 Å². The van der Waals surface area contributed by atoms with Crippen molar-refractivity contribution in [3.05, 3.63) is 47.1 Å². The van der Waals surface area contributed by atoms with Crippen molar-refractivity contribution in [3.8, 4) is 0 Å². The number of benzene rings is 1. The molecule has 0 saturated carbocycles. The Kier molecular flexibility index (Phi) is 8.53. The molecule has 0 aliphatic carbocycles. The Morgan fingerprint density at radius 3 is 2.58 bits per heavy atom. The van der Waals surface area contributed by atoms with Gasteiger partial charge in [0, 0.05) is 53.8 Å². The summed E-state index contributed by atoms with van der Waals surface area (Å²) in [4.78, 5) is 44.5. The quantitative estimate of drug-likeness (QED) is 0.484. The number of likely N-dealkylation sites (tertiary alicyclic amines) is 3. The lowest BCUT2D eigenvalue weighted by Crippen LogP contribution is -2.61. The normalized spacial score (nSPS) is 20.8. The van der Waals surface area contributed by atoms with Gasteiger partial charge in [0.05, 0.1) is 12.5 Å². The number of carbonyl (C=O) groups excluding carboxylic acids is 3. The lowest BCUT2D eigenvalue weighted by atomic mass is 9.99. The molecule has 4 heterocycles. The summed E-state index contributed by atoms with van der Waals surface area (Å²) in [5.74, 6) is -0.0358. The highest BCUT2D eigenvalue weighted by Crippen LogP contribution is 2.28. The number of amides is 3. The number of carbonyl (C=O) groups is 3. The summed E-state index contributed by atoms with van der Waals surface area (Å²) in [6.07, 6.45) is 10.7. The van der Waals surface area contributed by atoms with Crippen LogP contribution in [0.15, 0.2) is 41.5 Å². The maximum absolute atomic E-state index is 13.7. The van der Waals surface area contributed by atoms with Crippen LogP contribution in [0, 0.1) is 0 Å². The largest absolute Gasteiger partial charge is 0.348 e. The van der Waals surface area contributed by atoms with Gasteiger partial charge < -0.3 is 24.6 Å². The van der Waals surface area contributed by atoms with Gasteiger partial charge in [-0.15, -0.1) is 0 Å². The second kappa shape index (κ2) is 12.0. The van der Waals surface area contributed by atoms with Gasteiger partial charge in [-0.05, 0) is 75.0 Å². The van der Waals surface area contributed by atoms with Gasteiger partial charge >= 0.3 is 0 Å². The Bertz CT molecular complexity index is 1200.